The van der Waals surface area contributed by atoms with Crippen molar-refractivity contribution in [2.75, 3.05) is 7.11 Å². The number of methoxy groups -OCH3 is 1. The van der Waals surface area contributed by atoms with Gasteiger partial charge in [0.05, 0.1) is 18.2 Å². The van der Waals surface area contributed by atoms with Crippen molar-refractivity contribution >= 4 is 22.5 Å². The van der Waals surface area contributed by atoms with E-state index in [0.29, 0.717) is 28.1 Å². The highest BCUT2D eigenvalue weighted by Gasteiger charge is 2.16. The van der Waals surface area contributed by atoms with E-state index >= 15 is 0 Å². The molecule has 0 aliphatic heterocycles. The first kappa shape index (κ1) is 14.7. The number of fused-ring (bicyclic) bond motifs is 1. The van der Waals surface area contributed by atoms with Crippen molar-refractivity contribution in [3.63, 3.8) is 0 Å². The molecule has 4 rings (SSSR count). The highest BCUT2D eigenvalue weighted by molar-refractivity contribution is 6.30. The third-order valence-electron chi connectivity index (χ3n) is 3.70. The van der Waals surface area contributed by atoms with Crippen LogP contribution in [0.2, 0.25) is 5.02 Å². The average Bonchev–Trinajstić information content (AvgIpc) is 3.10. The number of halogens is 1. The molecule has 0 aliphatic carbocycles. The minimum absolute atomic E-state index is 0.374. The van der Waals surface area contributed by atoms with E-state index in [2.05, 4.69) is 15.2 Å². The predicted octanol–water partition coefficient (Wildman–Crippen LogP) is 4.61. The number of benzene rings is 2. The molecule has 0 bridgehead atoms. The molecule has 4 aromatic rings. The summed E-state index contributed by atoms with van der Waals surface area (Å²) in [5.41, 5.74) is 2.41. The summed E-state index contributed by atoms with van der Waals surface area (Å²) >= 11 is 6.00. The van der Waals surface area contributed by atoms with Crippen LogP contribution in [0.3, 0.4) is 0 Å². The lowest BCUT2D eigenvalue weighted by molar-refractivity contribution is 0.414. The highest BCUT2D eigenvalue weighted by atomic mass is 35.5. The van der Waals surface area contributed by atoms with Crippen molar-refractivity contribution in [2.45, 2.75) is 0 Å². The van der Waals surface area contributed by atoms with Crippen LogP contribution in [0.4, 0.5) is 0 Å². The maximum absolute atomic E-state index is 6.00. The molecule has 0 N–H and O–H groups in total. The zero-order valence-corrected chi connectivity index (χ0v) is 13.5. The molecule has 2 aromatic carbocycles. The van der Waals surface area contributed by atoms with Gasteiger partial charge in [-0.2, -0.15) is 0 Å². The first-order valence-corrected chi connectivity index (χ1v) is 7.65. The van der Waals surface area contributed by atoms with E-state index in [1.54, 1.807) is 31.5 Å². The van der Waals surface area contributed by atoms with Crippen molar-refractivity contribution in [3.05, 3.63) is 59.8 Å². The van der Waals surface area contributed by atoms with Crippen molar-refractivity contribution in [3.8, 4) is 28.7 Å². The van der Waals surface area contributed by atoms with Gasteiger partial charge in [-0.05, 0) is 36.4 Å². The lowest BCUT2D eigenvalue weighted by Crippen LogP contribution is -1.87. The topological polar surface area (TPSA) is 61.0 Å². The summed E-state index contributed by atoms with van der Waals surface area (Å²) < 4.78 is 11.2. The first-order valence-electron chi connectivity index (χ1n) is 7.28. The quantitative estimate of drug-likeness (QED) is 0.546. The zero-order valence-electron chi connectivity index (χ0n) is 12.7. The third-order valence-corrected chi connectivity index (χ3v) is 3.93. The van der Waals surface area contributed by atoms with Gasteiger partial charge in [-0.3, -0.25) is 4.98 Å². The second-order valence-corrected chi connectivity index (χ2v) is 5.57. The minimum atomic E-state index is 0.374. The number of hydrogen-bond donors (Lipinski definition) is 0. The molecule has 0 radical (unpaired) electrons. The van der Waals surface area contributed by atoms with E-state index in [4.69, 9.17) is 20.8 Å². The summed E-state index contributed by atoms with van der Waals surface area (Å²) in [6, 6.07) is 14.9. The molecule has 0 amide bonds. The van der Waals surface area contributed by atoms with Gasteiger partial charge >= 0.3 is 0 Å². The molecular formula is C18H12ClN3O2. The Balaban J connectivity index is 1.83. The van der Waals surface area contributed by atoms with E-state index in [1.165, 1.54) is 0 Å². The van der Waals surface area contributed by atoms with Gasteiger partial charge in [0.15, 0.2) is 0 Å². The molecule has 0 atom stereocenters. The van der Waals surface area contributed by atoms with Gasteiger partial charge < -0.3 is 9.15 Å². The average molecular weight is 338 g/mol. The van der Waals surface area contributed by atoms with Gasteiger partial charge in [0.2, 0.25) is 5.89 Å². The standard InChI is InChI=1S/C18H12ClN3O2/c1-23-16-10-11(19)7-8-14(16)18-22-21-17(24-18)13-4-2-6-15-12(13)5-3-9-20-15/h2-10H,1H3. The van der Waals surface area contributed by atoms with Gasteiger partial charge in [0, 0.05) is 22.2 Å². The van der Waals surface area contributed by atoms with Gasteiger partial charge in [0.1, 0.15) is 5.75 Å². The Morgan fingerprint density at radius 1 is 0.958 bits per heavy atom. The van der Waals surface area contributed by atoms with Gasteiger partial charge in [-0.15, -0.1) is 10.2 Å². The molecule has 0 spiro atoms. The molecular weight excluding hydrogens is 326 g/mol. The fourth-order valence-electron chi connectivity index (χ4n) is 2.57. The molecule has 24 heavy (non-hydrogen) atoms. The molecule has 6 heteroatoms. The Labute approximate surface area is 142 Å². The van der Waals surface area contributed by atoms with Crippen LogP contribution in [0.15, 0.2) is 59.1 Å². The van der Waals surface area contributed by atoms with E-state index < -0.39 is 0 Å². The molecule has 2 heterocycles. The molecule has 0 saturated heterocycles. The molecule has 0 unspecified atom stereocenters. The Kier molecular flexibility index (Phi) is 3.63. The summed E-state index contributed by atoms with van der Waals surface area (Å²) in [7, 11) is 1.57. The number of nitrogens with zero attached hydrogens (tertiary/aromatic N) is 3. The third kappa shape index (κ3) is 2.49. The highest BCUT2D eigenvalue weighted by Crippen LogP contribution is 2.34. The van der Waals surface area contributed by atoms with Crippen LogP contribution in [-0.4, -0.2) is 22.3 Å². The van der Waals surface area contributed by atoms with Gasteiger partial charge in [-0.25, -0.2) is 0 Å². The number of pyridine rings is 1. The molecule has 5 nitrogen and oxygen atoms in total. The molecule has 0 saturated carbocycles. The predicted molar refractivity (Wildman–Crippen MR) is 92.0 cm³/mol. The van der Waals surface area contributed by atoms with Crippen LogP contribution in [-0.2, 0) is 0 Å². The Morgan fingerprint density at radius 2 is 1.79 bits per heavy atom. The lowest BCUT2D eigenvalue weighted by atomic mass is 10.1. The molecule has 118 valence electrons. The minimum Gasteiger partial charge on any atom is -0.496 e. The lowest BCUT2D eigenvalue weighted by Gasteiger charge is -2.05. The Bertz CT molecular complexity index is 1020. The molecule has 2 aromatic heterocycles. The summed E-state index contributed by atoms with van der Waals surface area (Å²) in [5.74, 6) is 1.39. The summed E-state index contributed by atoms with van der Waals surface area (Å²) in [6.07, 6.45) is 1.75. The number of ether oxygens (including phenoxy) is 1. The number of rotatable bonds is 3. The fraction of sp³-hybridized carbons (Fsp3) is 0.0556. The van der Waals surface area contributed by atoms with Crippen LogP contribution in [0.5, 0.6) is 5.75 Å². The van der Waals surface area contributed by atoms with Crippen LogP contribution in [0.25, 0.3) is 33.8 Å². The van der Waals surface area contributed by atoms with E-state index in [9.17, 15) is 0 Å². The van der Waals surface area contributed by atoms with Crippen molar-refractivity contribution < 1.29 is 9.15 Å². The number of aromatic nitrogens is 3. The Morgan fingerprint density at radius 3 is 2.62 bits per heavy atom. The van der Waals surface area contributed by atoms with Crippen molar-refractivity contribution in [1.82, 2.24) is 15.2 Å². The van der Waals surface area contributed by atoms with Gasteiger partial charge in [-0.1, -0.05) is 23.7 Å². The summed E-state index contributed by atoms with van der Waals surface area (Å²) in [5, 5.41) is 9.86. The van der Waals surface area contributed by atoms with E-state index in [1.807, 2.05) is 30.3 Å². The second kappa shape index (κ2) is 5.94. The maximum Gasteiger partial charge on any atom is 0.251 e. The van der Waals surface area contributed by atoms with Crippen molar-refractivity contribution in [1.29, 1.82) is 0 Å². The van der Waals surface area contributed by atoms with Crippen LogP contribution in [0.1, 0.15) is 0 Å². The van der Waals surface area contributed by atoms with Gasteiger partial charge in [0.25, 0.3) is 5.89 Å². The first-order chi connectivity index (χ1) is 11.8. The normalized spacial score (nSPS) is 10.9. The zero-order chi connectivity index (χ0) is 16.5. The SMILES string of the molecule is COc1cc(Cl)ccc1-c1nnc(-c2cccc3ncccc23)o1. The molecule has 0 aliphatic rings. The maximum atomic E-state index is 6.00. The van der Waals surface area contributed by atoms with E-state index in [-0.39, 0.29) is 0 Å². The monoisotopic (exact) mass is 337 g/mol. The summed E-state index contributed by atoms with van der Waals surface area (Å²) in [4.78, 5) is 4.34. The van der Waals surface area contributed by atoms with Crippen LogP contribution >= 0.6 is 11.6 Å². The van der Waals surface area contributed by atoms with Crippen LogP contribution < -0.4 is 4.74 Å². The smallest absolute Gasteiger partial charge is 0.251 e. The van der Waals surface area contributed by atoms with Crippen LogP contribution in [0, 0.1) is 0 Å². The second-order valence-electron chi connectivity index (χ2n) is 5.13. The Hall–Kier alpha value is -2.92. The van der Waals surface area contributed by atoms with E-state index in [0.717, 1.165) is 16.5 Å². The fourth-order valence-corrected chi connectivity index (χ4v) is 2.73. The molecule has 0 fully saturated rings. The summed E-state index contributed by atoms with van der Waals surface area (Å²) in [6.45, 7) is 0. The largest absolute Gasteiger partial charge is 0.496 e. The number of hydrogen-bond acceptors (Lipinski definition) is 5. The van der Waals surface area contributed by atoms with Crippen molar-refractivity contribution in [2.24, 2.45) is 0 Å².